The maximum atomic E-state index is 13.8. The number of nitrogens with one attached hydrogen (secondary N) is 8. The Kier molecular flexibility index (Phi) is 28.8. The molecular weight excluding hydrogens is 1800 g/mol. The van der Waals surface area contributed by atoms with Gasteiger partial charge in [-0.25, -0.2) is 9.18 Å². The Morgan fingerprint density at radius 1 is 0.496 bits per heavy atom. The Morgan fingerprint density at radius 3 is 1.55 bits per heavy atom. The fourth-order valence-corrected chi connectivity index (χ4v) is 20.5. The van der Waals surface area contributed by atoms with Crippen molar-refractivity contribution >= 4 is 129 Å². The summed E-state index contributed by atoms with van der Waals surface area (Å²) in [5.74, 6) is 1.48. The summed E-state index contributed by atoms with van der Waals surface area (Å²) in [4.78, 5) is 37.0. The summed E-state index contributed by atoms with van der Waals surface area (Å²) in [7, 11) is 1.70. The van der Waals surface area contributed by atoms with Crippen LogP contribution in [-0.2, 0) is 56.2 Å². The minimum absolute atomic E-state index is 0.00495. The van der Waals surface area contributed by atoms with Crippen molar-refractivity contribution in [3.05, 3.63) is 375 Å². The van der Waals surface area contributed by atoms with Crippen LogP contribution in [0.25, 0.3) is 54.5 Å². The number of hydrogen-bond donors (Lipinski definition) is 8. The standard InChI is InChI=1S/C27H26ClN3OS.C23H27ClN2.C21H21FN2O2.C18H14BrF3N2.C18H17ClN2O/c1-2-29-27(33)31-15-14-22-23-16-20(28)10-13-24(23)30-25(22)26(31)19-8-11-21(12-9-19)32-17-18-6-4-3-5-7-18;1-2-3-5-10-22-23-19(20-15-18(24)11-12-21(20)25-23)13-14-26(22)16-17-8-6-4-7-9-17;1-3-26-21(25)24-11-10-16-17-12-15(22)8-9-18(17)23-19(16)20(24)14-6-4-13(2)5-7-14;19-12-4-5-15-14(9-12)13-6-7-23-16(17(13)24-15)10-2-1-3-11(8-10)18(20,21)22;1-22-13-4-2-3-11(9-13)17-18-14(7-8-20-17)15-10-12(19)5-6-16(15)21-18/h3-13,16,26,30H,2,14-15,17H2,1H3,(H,29,33);4,6-9,11-12,15,22,25H,2-3,5,10,13-14,16H2,1H3;4-9,12,20,23H,3,10-11H2,1-2H3;1-5,8-9,16,23-24H,6-7H2;2-6,9-10,17,20-21H,7-8H2,1H3. The molecule has 21 rings (SSSR count). The number of benzene rings is 11. The molecule has 674 valence electrons. The van der Waals surface area contributed by atoms with Gasteiger partial charge in [0.2, 0.25) is 0 Å². The number of fused-ring (bicyclic) bond motifs is 15. The second-order valence-corrected chi connectivity index (χ2v) is 36.5. The largest absolute Gasteiger partial charge is 0.497 e. The summed E-state index contributed by atoms with van der Waals surface area (Å²) in [6.45, 7) is 15.1. The molecule has 5 aliphatic heterocycles. The third kappa shape index (κ3) is 20.5. The van der Waals surface area contributed by atoms with Crippen molar-refractivity contribution in [3.8, 4) is 11.5 Å². The Labute approximate surface area is 789 Å². The molecule has 0 spiro atoms. The number of carbonyl (C=O) groups excluding carboxylic acids is 1. The van der Waals surface area contributed by atoms with Crippen molar-refractivity contribution in [2.45, 2.75) is 135 Å². The Morgan fingerprint density at radius 2 is 0.985 bits per heavy atom. The van der Waals surface area contributed by atoms with E-state index in [2.05, 4.69) is 190 Å². The van der Waals surface area contributed by atoms with Crippen molar-refractivity contribution < 1.29 is 36.6 Å². The normalized spacial score (nSPS) is 16.8. The summed E-state index contributed by atoms with van der Waals surface area (Å²) < 4.78 is 70.4. The van der Waals surface area contributed by atoms with E-state index in [1.54, 1.807) is 37.1 Å². The fourth-order valence-electron chi connectivity index (χ4n) is 19.3. The van der Waals surface area contributed by atoms with E-state index in [-0.39, 0.29) is 36.1 Å². The number of nitrogens with zero attached hydrogens (tertiary/aromatic N) is 3. The van der Waals surface area contributed by atoms with Crippen LogP contribution in [0.4, 0.5) is 22.4 Å². The van der Waals surface area contributed by atoms with Crippen LogP contribution in [0.2, 0.25) is 15.1 Å². The molecule has 0 fully saturated rings. The maximum absolute atomic E-state index is 13.8. The van der Waals surface area contributed by atoms with Gasteiger partial charge < -0.3 is 60.0 Å². The van der Waals surface area contributed by atoms with Gasteiger partial charge in [-0.05, 0) is 260 Å². The lowest BCUT2D eigenvalue weighted by Gasteiger charge is -2.38. The van der Waals surface area contributed by atoms with Gasteiger partial charge in [0.05, 0.1) is 43.4 Å². The molecule has 0 saturated carbocycles. The topological polar surface area (TPSA) is 170 Å². The number of unbranched alkanes of at least 4 members (excludes halogenated alkanes) is 2. The average Bonchev–Trinajstić information content (AvgIpc) is 1.63. The van der Waals surface area contributed by atoms with Crippen LogP contribution in [0.5, 0.6) is 11.5 Å². The van der Waals surface area contributed by atoms with Gasteiger partial charge in [-0.2, -0.15) is 13.2 Å². The van der Waals surface area contributed by atoms with Crippen molar-refractivity contribution in [1.82, 2.24) is 55.6 Å². The van der Waals surface area contributed by atoms with Crippen molar-refractivity contribution in [2.75, 3.05) is 53.0 Å². The van der Waals surface area contributed by atoms with Gasteiger partial charge in [0.25, 0.3) is 0 Å². The Balaban J connectivity index is 0.000000115. The predicted octanol–water partition coefficient (Wildman–Crippen LogP) is 26.7. The van der Waals surface area contributed by atoms with Gasteiger partial charge in [0.1, 0.15) is 30.0 Å². The number of rotatable bonds is 16. The second kappa shape index (κ2) is 41.2. The quantitative estimate of drug-likeness (QED) is 0.0265. The lowest BCUT2D eigenvalue weighted by atomic mass is 9.92. The van der Waals surface area contributed by atoms with E-state index in [4.69, 9.17) is 61.2 Å². The number of amides is 1. The monoisotopic (exact) mass is 1900 g/mol. The van der Waals surface area contributed by atoms with Crippen LogP contribution in [0.15, 0.2) is 253 Å². The number of carbonyl (C=O) groups is 1. The number of aryl methyl sites for hydroxylation is 1. The van der Waals surface area contributed by atoms with E-state index in [0.29, 0.717) is 37.8 Å². The van der Waals surface area contributed by atoms with E-state index in [9.17, 15) is 22.4 Å². The smallest absolute Gasteiger partial charge is 0.416 e. The van der Waals surface area contributed by atoms with Crippen LogP contribution >= 0.6 is 63.0 Å². The first-order valence-corrected chi connectivity index (χ1v) is 47.4. The van der Waals surface area contributed by atoms with Gasteiger partial charge in [-0.3, -0.25) is 9.80 Å². The van der Waals surface area contributed by atoms with Gasteiger partial charge in [0.15, 0.2) is 5.11 Å². The lowest BCUT2D eigenvalue weighted by molar-refractivity contribution is -0.137. The van der Waals surface area contributed by atoms with Gasteiger partial charge >= 0.3 is 12.3 Å². The number of aromatic nitrogens is 5. The fraction of sp³-hybridized carbons (Fsp3) is 0.271. The number of hydrogen-bond acceptors (Lipinski definition) is 8. The molecule has 131 heavy (non-hydrogen) atoms. The number of H-pyrrole nitrogens is 5. The van der Waals surface area contributed by atoms with Crippen LogP contribution in [0, 0.1) is 12.7 Å². The molecule has 10 heterocycles. The summed E-state index contributed by atoms with van der Waals surface area (Å²) in [6, 6.07) is 80.5. The molecule has 15 nitrogen and oxygen atoms in total. The highest BCUT2D eigenvalue weighted by atomic mass is 79.9. The highest BCUT2D eigenvalue weighted by Gasteiger charge is 2.39. The molecule has 11 aromatic carbocycles. The third-order valence-electron chi connectivity index (χ3n) is 25.5. The van der Waals surface area contributed by atoms with E-state index in [1.165, 1.54) is 122 Å². The maximum Gasteiger partial charge on any atom is 0.416 e. The number of methoxy groups -OCH3 is 1. The molecule has 0 aliphatic carbocycles. The van der Waals surface area contributed by atoms with Crippen LogP contribution in [0.1, 0.15) is 177 Å². The zero-order chi connectivity index (χ0) is 91.0. The number of halogens is 8. The molecule has 5 aliphatic rings. The SMILES string of the molecule is CCCCCC1c2[nH]c3ccc(Cl)cc3c2CCN1Cc1ccccc1.CCNC(=S)N1CCc2c([nH]c3ccc(Cl)cc23)C1c1ccc(OCc2ccccc2)cc1.CCOC(=O)N1CCc2c([nH]c3ccc(F)cc23)C1c1ccc(C)cc1.COc1cccc(C2NCCc3c2[nH]c2ccc(Cl)cc32)c1.FC(F)(F)c1cccc(C2NCCc3c2[nH]c2ccc(Br)cc32)c1. The summed E-state index contributed by atoms with van der Waals surface area (Å²) in [5, 5.41) is 19.2. The zero-order valence-electron chi connectivity index (χ0n) is 73.7. The predicted molar refractivity (Wildman–Crippen MR) is 529 cm³/mol. The lowest BCUT2D eigenvalue weighted by Crippen LogP contribution is -2.45. The molecule has 5 aromatic heterocycles. The molecule has 1 amide bonds. The van der Waals surface area contributed by atoms with E-state index >= 15 is 0 Å². The van der Waals surface area contributed by atoms with Crippen molar-refractivity contribution in [1.29, 1.82) is 0 Å². The summed E-state index contributed by atoms with van der Waals surface area (Å²) in [6.07, 6.45) is 4.93. The van der Waals surface area contributed by atoms with Gasteiger partial charge in [0, 0.05) is 148 Å². The van der Waals surface area contributed by atoms with Crippen LogP contribution in [-0.4, -0.2) is 104 Å². The molecule has 8 N–H and O–H groups in total. The van der Waals surface area contributed by atoms with E-state index < -0.39 is 11.7 Å². The van der Waals surface area contributed by atoms with Crippen molar-refractivity contribution in [2.24, 2.45) is 0 Å². The number of ether oxygens (including phenoxy) is 3. The molecular formula is C107H105BrCl3F4N11O4S. The summed E-state index contributed by atoms with van der Waals surface area (Å²) >= 11 is 28.0. The number of aromatic amines is 5. The molecule has 16 aromatic rings. The minimum Gasteiger partial charge on any atom is -0.497 e. The molecule has 5 atom stereocenters. The van der Waals surface area contributed by atoms with Crippen molar-refractivity contribution in [3.63, 3.8) is 0 Å². The molecule has 0 radical (unpaired) electrons. The van der Waals surface area contributed by atoms with Crippen LogP contribution in [0.3, 0.4) is 0 Å². The first-order chi connectivity index (χ1) is 63.7. The minimum atomic E-state index is -4.33. The third-order valence-corrected chi connectivity index (χ3v) is 27.1. The van der Waals surface area contributed by atoms with Gasteiger partial charge in [-0.15, -0.1) is 0 Å². The number of alkyl halides is 3. The highest BCUT2D eigenvalue weighted by molar-refractivity contribution is 9.10. The van der Waals surface area contributed by atoms with Crippen LogP contribution < -0.4 is 25.4 Å². The Bertz CT molecular complexity index is 6720. The van der Waals surface area contributed by atoms with E-state index in [1.807, 2.05) is 104 Å². The van der Waals surface area contributed by atoms with E-state index in [0.717, 1.165) is 174 Å². The number of thiocarbonyl (C=S) groups is 1. The zero-order valence-corrected chi connectivity index (χ0v) is 78.4. The first-order valence-electron chi connectivity index (χ1n) is 45.0. The highest BCUT2D eigenvalue weighted by Crippen LogP contribution is 2.45. The molecule has 24 heteroatoms. The van der Waals surface area contributed by atoms with Gasteiger partial charge in [-0.1, -0.05) is 204 Å². The average molecular weight is 1900 g/mol. The first kappa shape index (κ1) is 91.5. The molecule has 0 bridgehead atoms. The second-order valence-electron chi connectivity index (χ2n) is 33.9. The summed E-state index contributed by atoms with van der Waals surface area (Å²) in [5.41, 5.74) is 24.6. The molecule has 0 saturated heterocycles. The molecule has 5 unspecified atom stereocenters. The Hall–Kier alpha value is -11.4.